The first-order valence-corrected chi connectivity index (χ1v) is 8.17. The molecule has 0 saturated heterocycles. The van der Waals surface area contributed by atoms with Crippen LogP contribution in [0.1, 0.15) is 27.2 Å². The van der Waals surface area contributed by atoms with E-state index in [1.807, 2.05) is 31.2 Å². The van der Waals surface area contributed by atoms with Crippen molar-refractivity contribution in [3.05, 3.63) is 68.8 Å². The Kier molecular flexibility index (Phi) is 4.97. The summed E-state index contributed by atoms with van der Waals surface area (Å²) in [6.45, 7) is 2.27. The number of benzene rings is 2. The van der Waals surface area contributed by atoms with Gasteiger partial charge in [-0.05, 0) is 30.2 Å². The summed E-state index contributed by atoms with van der Waals surface area (Å²) in [6.07, 6.45) is 1.35. The van der Waals surface area contributed by atoms with Gasteiger partial charge < -0.3 is 14.9 Å². The maximum atomic E-state index is 11.5. The zero-order chi connectivity index (χ0) is 18.0. The van der Waals surface area contributed by atoms with Gasteiger partial charge in [0.15, 0.2) is 0 Å². The molecule has 1 heterocycles. The number of aromatic amines is 1. The van der Waals surface area contributed by atoms with E-state index in [1.165, 1.54) is 6.21 Å². The molecule has 0 aliphatic heterocycles. The molecule has 0 bridgehead atoms. The van der Waals surface area contributed by atoms with Crippen LogP contribution < -0.4 is 0 Å². The summed E-state index contributed by atoms with van der Waals surface area (Å²) >= 11 is 12.2. The van der Waals surface area contributed by atoms with Crippen LogP contribution in [0.15, 0.2) is 41.6 Å². The lowest BCUT2D eigenvalue weighted by molar-refractivity contribution is 0.0691. The second-order valence-electron chi connectivity index (χ2n) is 5.46. The standard InChI is InChI=1S/C18H14Cl2N2O3/c1-10-4-2-3-5-11(10)9-25-21-8-13-16-14(20)6-12(19)7-15(16)22-17(13)18(23)24/h2-8,22H,9H2,1H3,(H,23,24)/b21-8+. The van der Waals surface area contributed by atoms with Gasteiger partial charge in [-0.15, -0.1) is 0 Å². The van der Waals surface area contributed by atoms with Gasteiger partial charge in [-0.2, -0.15) is 0 Å². The van der Waals surface area contributed by atoms with Crippen molar-refractivity contribution >= 4 is 46.3 Å². The van der Waals surface area contributed by atoms with E-state index in [4.69, 9.17) is 28.0 Å². The summed E-state index contributed by atoms with van der Waals surface area (Å²) in [5.74, 6) is -1.12. The van der Waals surface area contributed by atoms with Crippen molar-refractivity contribution in [3.8, 4) is 0 Å². The molecule has 128 valence electrons. The number of H-pyrrole nitrogens is 1. The first kappa shape index (κ1) is 17.3. The number of carboxylic acids is 1. The average molecular weight is 377 g/mol. The highest BCUT2D eigenvalue weighted by Crippen LogP contribution is 2.31. The number of nitrogens with one attached hydrogen (secondary N) is 1. The molecule has 0 atom stereocenters. The summed E-state index contributed by atoms with van der Waals surface area (Å²) in [6, 6.07) is 10.9. The minimum absolute atomic E-state index is 0.0255. The van der Waals surface area contributed by atoms with E-state index < -0.39 is 5.97 Å². The molecule has 0 fully saturated rings. The molecule has 0 spiro atoms. The van der Waals surface area contributed by atoms with Gasteiger partial charge in [-0.25, -0.2) is 4.79 Å². The Hall–Kier alpha value is -2.50. The molecule has 0 saturated carbocycles. The molecule has 3 rings (SSSR count). The lowest BCUT2D eigenvalue weighted by Crippen LogP contribution is -2.01. The molecule has 0 aliphatic carbocycles. The largest absolute Gasteiger partial charge is 0.477 e. The number of oxime groups is 1. The van der Waals surface area contributed by atoms with Gasteiger partial charge in [0.1, 0.15) is 12.3 Å². The molecule has 0 unspecified atom stereocenters. The molecule has 3 aromatic rings. The van der Waals surface area contributed by atoms with Crippen molar-refractivity contribution in [2.24, 2.45) is 5.16 Å². The van der Waals surface area contributed by atoms with E-state index >= 15 is 0 Å². The van der Waals surface area contributed by atoms with Crippen LogP contribution >= 0.6 is 23.2 Å². The smallest absolute Gasteiger partial charge is 0.353 e. The highest BCUT2D eigenvalue weighted by molar-refractivity contribution is 6.39. The highest BCUT2D eigenvalue weighted by atomic mass is 35.5. The quantitative estimate of drug-likeness (QED) is 0.484. The Bertz CT molecular complexity index is 980. The fraction of sp³-hybridized carbons (Fsp3) is 0.111. The first-order valence-electron chi connectivity index (χ1n) is 7.41. The van der Waals surface area contributed by atoms with Gasteiger partial charge >= 0.3 is 5.97 Å². The highest BCUT2D eigenvalue weighted by Gasteiger charge is 2.18. The Morgan fingerprint density at radius 3 is 2.80 bits per heavy atom. The molecule has 0 amide bonds. The molecule has 2 N–H and O–H groups in total. The minimum Gasteiger partial charge on any atom is -0.477 e. The van der Waals surface area contributed by atoms with E-state index in [0.29, 0.717) is 26.5 Å². The number of hydrogen-bond donors (Lipinski definition) is 2. The van der Waals surface area contributed by atoms with Crippen LogP contribution in [0.5, 0.6) is 0 Å². The van der Waals surface area contributed by atoms with Crippen molar-refractivity contribution in [1.29, 1.82) is 0 Å². The van der Waals surface area contributed by atoms with Crippen LogP contribution in [0.25, 0.3) is 10.9 Å². The van der Waals surface area contributed by atoms with Crippen LogP contribution in [0, 0.1) is 6.92 Å². The summed E-state index contributed by atoms with van der Waals surface area (Å²) < 4.78 is 0. The zero-order valence-corrected chi connectivity index (χ0v) is 14.7. The lowest BCUT2D eigenvalue weighted by Gasteiger charge is -2.03. The average Bonchev–Trinajstić information content (AvgIpc) is 2.92. The maximum Gasteiger partial charge on any atom is 0.353 e. The Morgan fingerprint density at radius 1 is 1.32 bits per heavy atom. The number of aromatic nitrogens is 1. The topological polar surface area (TPSA) is 74.7 Å². The van der Waals surface area contributed by atoms with Gasteiger partial charge in [0.2, 0.25) is 0 Å². The van der Waals surface area contributed by atoms with Crippen molar-refractivity contribution < 1.29 is 14.7 Å². The third-order valence-corrected chi connectivity index (χ3v) is 4.32. The predicted molar refractivity (Wildman–Crippen MR) is 98.8 cm³/mol. The van der Waals surface area contributed by atoms with E-state index in [2.05, 4.69) is 10.1 Å². The number of halogens is 2. The first-order chi connectivity index (χ1) is 12.0. The number of fused-ring (bicyclic) bond motifs is 1. The van der Waals surface area contributed by atoms with Crippen molar-refractivity contribution in [2.45, 2.75) is 13.5 Å². The molecule has 1 aromatic heterocycles. The summed E-state index contributed by atoms with van der Waals surface area (Å²) in [4.78, 5) is 19.6. The van der Waals surface area contributed by atoms with E-state index in [0.717, 1.165) is 11.1 Å². The molecule has 25 heavy (non-hydrogen) atoms. The van der Waals surface area contributed by atoms with E-state index in [9.17, 15) is 9.90 Å². The summed E-state index contributed by atoms with van der Waals surface area (Å²) in [5.41, 5.74) is 2.93. The third-order valence-electron chi connectivity index (χ3n) is 3.80. The normalized spacial score (nSPS) is 11.3. The van der Waals surface area contributed by atoms with Crippen molar-refractivity contribution in [3.63, 3.8) is 0 Å². The van der Waals surface area contributed by atoms with Crippen LogP contribution in [-0.2, 0) is 11.4 Å². The third kappa shape index (κ3) is 3.62. The number of nitrogens with zero attached hydrogens (tertiary/aromatic N) is 1. The second kappa shape index (κ2) is 7.17. The number of carboxylic acid groups (broad SMARTS) is 1. The molecular weight excluding hydrogens is 363 g/mol. The Morgan fingerprint density at radius 2 is 2.08 bits per heavy atom. The number of hydrogen-bond acceptors (Lipinski definition) is 3. The number of aryl methyl sites for hydroxylation is 1. The zero-order valence-electron chi connectivity index (χ0n) is 13.2. The predicted octanol–water partition coefficient (Wildman–Crippen LogP) is 5.03. The molecule has 0 aliphatic rings. The van der Waals surface area contributed by atoms with Crippen LogP contribution in [-0.4, -0.2) is 22.3 Å². The molecule has 2 aromatic carbocycles. The van der Waals surface area contributed by atoms with Gasteiger partial charge in [0.05, 0.1) is 11.2 Å². The van der Waals surface area contributed by atoms with Crippen molar-refractivity contribution in [1.82, 2.24) is 4.98 Å². The van der Waals surface area contributed by atoms with Gasteiger partial charge in [-0.1, -0.05) is 52.6 Å². The van der Waals surface area contributed by atoms with Gasteiger partial charge in [0.25, 0.3) is 0 Å². The number of carbonyl (C=O) groups is 1. The molecule has 0 radical (unpaired) electrons. The fourth-order valence-corrected chi connectivity index (χ4v) is 3.13. The SMILES string of the molecule is Cc1ccccc1CO/N=C/c1c(C(=O)O)[nH]c2cc(Cl)cc(Cl)c12. The van der Waals surface area contributed by atoms with E-state index in [1.54, 1.807) is 12.1 Å². The molecule has 7 heteroatoms. The number of rotatable bonds is 5. The second-order valence-corrected chi connectivity index (χ2v) is 6.31. The lowest BCUT2D eigenvalue weighted by atomic mass is 10.1. The van der Waals surface area contributed by atoms with Crippen LogP contribution in [0.4, 0.5) is 0 Å². The minimum atomic E-state index is -1.12. The summed E-state index contributed by atoms with van der Waals surface area (Å²) in [7, 11) is 0. The monoisotopic (exact) mass is 376 g/mol. The fourth-order valence-electron chi connectivity index (χ4n) is 2.54. The maximum absolute atomic E-state index is 11.5. The van der Waals surface area contributed by atoms with Gasteiger partial charge in [0, 0.05) is 21.5 Å². The Balaban J connectivity index is 1.91. The Labute approximate surface area is 153 Å². The molecule has 5 nitrogen and oxygen atoms in total. The van der Waals surface area contributed by atoms with Gasteiger partial charge in [-0.3, -0.25) is 0 Å². The molecular formula is C18H14Cl2N2O3. The van der Waals surface area contributed by atoms with Crippen molar-refractivity contribution in [2.75, 3.05) is 0 Å². The number of aromatic carboxylic acids is 1. The van der Waals surface area contributed by atoms with E-state index in [-0.39, 0.29) is 12.3 Å². The van der Waals surface area contributed by atoms with Crippen LogP contribution in [0.3, 0.4) is 0 Å². The van der Waals surface area contributed by atoms with Crippen LogP contribution in [0.2, 0.25) is 10.0 Å². The summed E-state index contributed by atoms with van der Waals surface area (Å²) in [5, 5.41) is 14.6.